The van der Waals surface area contributed by atoms with Crippen molar-refractivity contribution >= 4 is 44.3 Å². The zero-order valence-electron chi connectivity index (χ0n) is 12.4. The Labute approximate surface area is 158 Å². The first kappa shape index (κ1) is 18.4. The smallest absolute Gasteiger partial charge is 0.231 e. The van der Waals surface area contributed by atoms with Crippen LogP contribution in [0.4, 0.5) is 0 Å². The number of rotatable bonds is 5. The molecule has 23 heavy (non-hydrogen) atoms. The second-order valence-electron chi connectivity index (χ2n) is 4.87. The molecule has 0 fully saturated rings. The van der Waals surface area contributed by atoms with E-state index in [1.54, 1.807) is 7.11 Å². The highest BCUT2D eigenvalue weighted by atomic mass is 79.9. The highest BCUT2D eigenvalue weighted by Gasteiger charge is 2.13. The van der Waals surface area contributed by atoms with Crippen molar-refractivity contribution < 1.29 is 14.2 Å². The summed E-state index contributed by atoms with van der Waals surface area (Å²) >= 11 is 7.02. The summed E-state index contributed by atoms with van der Waals surface area (Å²) in [6.45, 7) is 1.75. The number of ether oxygens (including phenoxy) is 3. The van der Waals surface area contributed by atoms with Crippen LogP contribution in [-0.4, -0.2) is 13.9 Å². The van der Waals surface area contributed by atoms with Gasteiger partial charge in [0.2, 0.25) is 6.79 Å². The SMILES string of the molecule is COc1c(Br)cc(Br)cc1CNCc1ccc2c(c1)OCO2.Cl. The summed E-state index contributed by atoms with van der Waals surface area (Å²) in [4.78, 5) is 0. The fourth-order valence-electron chi connectivity index (χ4n) is 2.37. The Balaban J connectivity index is 0.00000192. The van der Waals surface area contributed by atoms with E-state index < -0.39 is 0 Å². The second-order valence-corrected chi connectivity index (χ2v) is 6.64. The highest BCUT2D eigenvalue weighted by Crippen LogP contribution is 2.33. The zero-order chi connectivity index (χ0) is 15.5. The summed E-state index contributed by atoms with van der Waals surface area (Å²) in [5.74, 6) is 2.46. The first-order valence-electron chi connectivity index (χ1n) is 6.78. The Morgan fingerprint density at radius 2 is 1.87 bits per heavy atom. The minimum absolute atomic E-state index is 0. The fraction of sp³-hybridized carbons (Fsp3) is 0.250. The number of benzene rings is 2. The average Bonchev–Trinajstić information content (AvgIpc) is 2.94. The number of hydrogen-bond donors (Lipinski definition) is 1. The number of halogens is 3. The molecule has 0 aliphatic carbocycles. The maximum Gasteiger partial charge on any atom is 0.231 e. The third-order valence-electron chi connectivity index (χ3n) is 3.37. The van der Waals surface area contributed by atoms with Crippen LogP contribution in [0.1, 0.15) is 11.1 Å². The van der Waals surface area contributed by atoms with Gasteiger partial charge in [0.05, 0.1) is 11.6 Å². The lowest BCUT2D eigenvalue weighted by Gasteiger charge is -2.12. The van der Waals surface area contributed by atoms with E-state index in [9.17, 15) is 0 Å². The van der Waals surface area contributed by atoms with Crippen molar-refractivity contribution in [3.8, 4) is 17.2 Å². The molecule has 7 heteroatoms. The van der Waals surface area contributed by atoms with Gasteiger partial charge in [-0.2, -0.15) is 0 Å². The molecule has 1 heterocycles. The fourth-order valence-corrected chi connectivity index (χ4v) is 3.84. The molecule has 2 aromatic rings. The molecule has 1 aliphatic rings. The lowest BCUT2D eigenvalue weighted by atomic mass is 10.1. The van der Waals surface area contributed by atoms with Crippen molar-refractivity contribution in [3.05, 3.63) is 50.4 Å². The third kappa shape index (κ3) is 4.32. The van der Waals surface area contributed by atoms with E-state index in [1.807, 2.05) is 24.3 Å². The Hall–Kier alpha value is -0.950. The molecule has 0 saturated carbocycles. The van der Waals surface area contributed by atoms with Crippen molar-refractivity contribution in [2.75, 3.05) is 13.9 Å². The zero-order valence-corrected chi connectivity index (χ0v) is 16.4. The van der Waals surface area contributed by atoms with Crippen LogP contribution in [0.2, 0.25) is 0 Å². The van der Waals surface area contributed by atoms with Crippen LogP contribution in [0.25, 0.3) is 0 Å². The monoisotopic (exact) mass is 463 g/mol. The standard InChI is InChI=1S/C16H15Br2NO3.ClH/c1-20-16-11(5-12(17)6-13(16)18)8-19-7-10-2-3-14-15(4-10)22-9-21-14;/h2-6,19H,7-9H2,1H3;1H. The third-order valence-corrected chi connectivity index (χ3v) is 4.42. The van der Waals surface area contributed by atoms with E-state index in [4.69, 9.17) is 14.2 Å². The normalized spacial score (nSPS) is 12.0. The van der Waals surface area contributed by atoms with Crippen molar-refractivity contribution in [1.29, 1.82) is 0 Å². The van der Waals surface area contributed by atoms with Crippen LogP contribution in [0.3, 0.4) is 0 Å². The molecule has 1 aliphatic heterocycles. The van der Waals surface area contributed by atoms with Gasteiger partial charge in [-0.3, -0.25) is 0 Å². The summed E-state index contributed by atoms with van der Waals surface area (Å²) in [6, 6.07) is 10.0. The highest BCUT2D eigenvalue weighted by molar-refractivity contribution is 9.11. The maximum atomic E-state index is 5.45. The van der Waals surface area contributed by atoms with Gasteiger partial charge in [0.25, 0.3) is 0 Å². The molecule has 0 spiro atoms. The van der Waals surface area contributed by atoms with Crippen LogP contribution in [0, 0.1) is 0 Å². The molecule has 4 nitrogen and oxygen atoms in total. The van der Waals surface area contributed by atoms with Crippen molar-refractivity contribution in [3.63, 3.8) is 0 Å². The Morgan fingerprint density at radius 3 is 2.65 bits per heavy atom. The first-order chi connectivity index (χ1) is 10.7. The summed E-state index contributed by atoms with van der Waals surface area (Å²) in [5, 5.41) is 3.42. The predicted octanol–water partition coefficient (Wildman–Crippen LogP) is 4.66. The quantitative estimate of drug-likeness (QED) is 0.697. The van der Waals surface area contributed by atoms with E-state index in [1.165, 1.54) is 0 Å². The molecule has 3 rings (SSSR count). The van der Waals surface area contributed by atoms with Gasteiger partial charge < -0.3 is 19.5 Å². The van der Waals surface area contributed by atoms with E-state index in [0.717, 1.165) is 43.9 Å². The molecule has 0 atom stereocenters. The van der Waals surface area contributed by atoms with E-state index >= 15 is 0 Å². The van der Waals surface area contributed by atoms with Crippen LogP contribution < -0.4 is 19.5 Å². The first-order valence-corrected chi connectivity index (χ1v) is 8.37. The molecule has 0 saturated heterocycles. The van der Waals surface area contributed by atoms with Crippen molar-refractivity contribution in [2.24, 2.45) is 0 Å². The van der Waals surface area contributed by atoms with Crippen LogP contribution in [0.15, 0.2) is 39.3 Å². The van der Waals surface area contributed by atoms with Gasteiger partial charge in [0.1, 0.15) is 5.75 Å². The average molecular weight is 466 g/mol. The molecule has 1 N–H and O–H groups in total. The van der Waals surface area contributed by atoms with Gasteiger partial charge in [-0.1, -0.05) is 22.0 Å². The maximum absolute atomic E-state index is 5.45. The molecule has 0 unspecified atom stereocenters. The van der Waals surface area contributed by atoms with E-state index in [-0.39, 0.29) is 12.4 Å². The van der Waals surface area contributed by atoms with Crippen LogP contribution >= 0.6 is 44.3 Å². The summed E-state index contributed by atoms with van der Waals surface area (Å²) in [7, 11) is 1.68. The molecule has 0 aromatic heterocycles. The molecular formula is C16H16Br2ClNO3. The Morgan fingerprint density at radius 1 is 1.09 bits per heavy atom. The molecule has 0 amide bonds. The number of fused-ring (bicyclic) bond motifs is 1. The predicted molar refractivity (Wildman–Crippen MR) is 98.8 cm³/mol. The van der Waals surface area contributed by atoms with E-state index in [2.05, 4.69) is 43.2 Å². The topological polar surface area (TPSA) is 39.7 Å². The molecular weight excluding hydrogens is 449 g/mol. The van der Waals surface area contributed by atoms with Crippen molar-refractivity contribution in [1.82, 2.24) is 5.32 Å². The second kappa shape index (κ2) is 8.24. The van der Waals surface area contributed by atoms with Gasteiger partial charge in [0.15, 0.2) is 11.5 Å². The number of nitrogens with one attached hydrogen (secondary N) is 1. The lowest BCUT2D eigenvalue weighted by molar-refractivity contribution is 0.174. The number of methoxy groups -OCH3 is 1. The molecule has 2 aromatic carbocycles. The molecule has 124 valence electrons. The lowest BCUT2D eigenvalue weighted by Crippen LogP contribution is -2.13. The van der Waals surface area contributed by atoms with E-state index in [0.29, 0.717) is 13.3 Å². The molecule has 0 radical (unpaired) electrons. The van der Waals surface area contributed by atoms with Gasteiger partial charge in [-0.25, -0.2) is 0 Å². The minimum atomic E-state index is 0. The Kier molecular flexibility index (Phi) is 6.59. The van der Waals surface area contributed by atoms with Crippen molar-refractivity contribution in [2.45, 2.75) is 13.1 Å². The van der Waals surface area contributed by atoms with Crippen LogP contribution in [0.5, 0.6) is 17.2 Å². The van der Waals surface area contributed by atoms with Crippen LogP contribution in [-0.2, 0) is 13.1 Å². The van der Waals surface area contributed by atoms with Gasteiger partial charge in [-0.05, 0) is 45.8 Å². The Bertz CT molecular complexity index is 697. The number of hydrogen-bond acceptors (Lipinski definition) is 4. The summed E-state index contributed by atoms with van der Waals surface area (Å²) < 4.78 is 18.1. The largest absolute Gasteiger partial charge is 0.495 e. The summed E-state index contributed by atoms with van der Waals surface area (Å²) in [6.07, 6.45) is 0. The molecule has 0 bridgehead atoms. The van der Waals surface area contributed by atoms with Gasteiger partial charge >= 0.3 is 0 Å². The minimum Gasteiger partial charge on any atom is -0.495 e. The van der Waals surface area contributed by atoms with Gasteiger partial charge in [0, 0.05) is 23.1 Å². The van der Waals surface area contributed by atoms with Gasteiger partial charge in [-0.15, -0.1) is 12.4 Å². The summed E-state index contributed by atoms with van der Waals surface area (Å²) in [5.41, 5.74) is 2.24.